The van der Waals surface area contributed by atoms with Gasteiger partial charge < -0.3 is 16.5 Å². The summed E-state index contributed by atoms with van der Waals surface area (Å²) in [4.78, 5) is 14.6. The topological polar surface area (TPSA) is 84.9 Å². The van der Waals surface area contributed by atoms with E-state index in [1.165, 1.54) is 6.07 Å². The number of fused-ring (bicyclic) bond motifs is 1. The first-order valence-electron chi connectivity index (χ1n) is 7.15. The molecule has 1 aliphatic carbocycles. The molecule has 1 amide bonds. The molecule has 5 N–H and O–H groups in total. The van der Waals surface area contributed by atoms with E-state index in [-0.39, 0.29) is 24.0 Å². The normalized spacial score (nSPS) is 17.7. The summed E-state index contributed by atoms with van der Waals surface area (Å²) < 4.78 is 14.7. The van der Waals surface area contributed by atoms with Gasteiger partial charge in [-0.05, 0) is 37.8 Å². The summed E-state index contributed by atoms with van der Waals surface area (Å²) in [5, 5.41) is 0.917. The van der Waals surface area contributed by atoms with Crippen molar-refractivity contribution in [3.05, 3.63) is 39.8 Å². The minimum Gasteiger partial charge on any atom is -0.366 e. The summed E-state index contributed by atoms with van der Waals surface area (Å²) >= 11 is 6.34. The van der Waals surface area contributed by atoms with Gasteiger partial charge in [0.15, 0.2) is 0 Å². The lowest BCUT2D eigenvalue weighted by Gasteiger charge is -2.21. The second-order valence-electron chi connectivity index (χ2n) is 5.73. The summed E-state index contributed by atoms with van der Waals surface area (Å²) in [6.45, 7) is 1.77. The maximum atomic E-state index is 14.7. The van der Waals surface area contributed by atoms with Crippen molar-refractivity contribution >= 4 is 46.4 Å². The molecular weight excluding hydrogens is 340 g/mol. The van der Waals surface area contributed by atoms with Crippen molar-refractivity contribution in [3.63, 3.8) is 0 Å². The maximum absolute atomic E-state index is 14.7. The van der Waals surface area contributed by atoms with E-state index in [0.717, 1.165) is 18.4 Å². The van der Waals surface area contributed by atoms with Gasteiger partial charge >= 0.3 is 0 Å². The van der Waals surface area contributed by atoms with E-state index in [2.05, 4.69) is 4.98 Å². The van der Waals surface area contributed by atoms with Crippen LogP contribution in [0.25, 0.3) is 16.5 Å². The van der Waals surface area contributed by atoms with Gasteiger partial charge in [-0.25, -0.2) is 4.39 Å². The molecule has 1 atom stereocenters. The Morgan fingerprint density at radius 2 is 2.17 bits per heavy atom. The van der Waals surface area contributed by atoms with Gasteiger partial charge in [0.1, 0.15) is 5.82 Å². The first-order chi connectivity index (χ1) is 10.4. The summed E-state index contributed by atoms with van der Waals surface area (Å²) in [5.41, 5.74) is 13.9. The van der Waals surface area contributed by atoms with Crippen molar-refractivity contribution < 1.29 is 9.18 Å². The Morgan fingerprint density at radius 1 is 1.48 bits per heavy atom. The number of aromatic amines is 1. The number of halogens is 3. The van der Waals surface area contributed by atoms with Crippen LogP contribution >= 0.6 is 24.0 Å². The number of nitrogens with one attached hydrogen (secondary N) is 1. The molecule has 0 fully saturated rings. The van der Waals surface area contributed by atoms with Crippen LogP contribution in [0.2, 0.25) is 5.02 Å². The highest BCUT2D eigenvalue weighted by molar-refractivity contribution is 6.37. The van der Waals surface area contributed by atoms with E-state index in [1.54, 1.807) is 6.92 Å². The number of primary amides is 1. The summed E-state index contributed by atoms with van der Waals surface area (Å²) in [6, 6.07) is 1.18. The number of allylic oxidation sites excluding steroid dienone is 1. The average molecular weight is 358 g/mol. The molecule has 23 heavy (non-hydrogen) atoms. The Balaban J connectivity index is 0.00000192. The van der Waals surface area contributed by atoms with E-state index < -0.39 is 11.7 Å². The molecule has 124 valence electrons. The van der Waals surface area contributed by atoms with E-state index in [9.17, 15) is 9.18 Å². The Morgan fingerprint density at radius 3 is 2.78 bits per heavy atom. The molecule has 1 aliphatic rings. The number of benzene rings is 1. The van der Waals surface area contributed by atoms with Crippen molar-refractivity contribution in [2.75, 3.05) is 0 Å². The van der Waals surface area contributed by atoms with Crippen molar-refractivity contribution in [1.82, 2.24) is 4.98 Å². The molecule has 2 aromatic rings. The molecule has 0 bridgehead atoms. The number of H-pyrrole nitrogens is 1. The highest BCUT2D eigenvalue weighted by Gasteiger charge is 2.24. The van der Waals surface area contributed by atoms with Gasteiger partial charge in [-0.3, -0.25) is 4.79 Å². The fraction of sp³-hybridized carbons (Fsp3) is 0.312. The van der Waals surface area contributed by atoms with Crippen LogP contribution < -0.4 is 11.5 Å². The summed E-state index contributed by atoms with van der Waals surface area (Å²) in [5.74, 6) is -1.19. The van der Waals surface area contributed by atoms with Gasteiger partial charge in [0.2, 0.25) is 0 Å². The van der Waals surface area contributed by atoms with Crippen molar-refractivity contribution in [1.29, 1.82) is 0 Å². The van der Waals surface area contributed by atoms with Crippen LogP contribution in [-0.4, -0.2) is 16.9 Å². The van der Waals surface area contributed by atoms with E-state index in [4.69, 9.17) is 23.1 Å². The summed E-state index contributed by atoms with van der Waals surface area (Å²) in [7, 11) is 0. The van der Waals surface area contributed by atoms with Crippen LogP contribution in [0, 0.1) is 12.7 Å². The molecular formula is C16H18Cl2FN3O. The minimum absolute atomic E-state index is 0. The highest BCUT2D eigenvalue weighted by Crippen LogP contribution is 2.39. The molecule has 0 spiro atoms. The third-order valence-electron chi connectivity index (χ3n) is 4.14. The third kappa shape index (κ3) is 2.96. The van der Waals surface area contributed by atoms with E-state index in [0.29, 0.717) is 33.6 Å². The molecule has 0 aliphatic heterocycles. The van der Waals surface area contributed by atoms with Crippen LogP contribution in [0.3, 0.4) is 0 Å². The Kier molecular flexibility index (Phi) is 5.04. The monoisotopic (exact) mass is 357 g/mol. The smallest absolute Gasteiger partial charge is 0.250 e. The Hall–Kier alpha value is -1.56. The molecule has 0 saturated carbocycles. The van der Waals surface area contributed by atoms with E-state index in [1.807, 2.05) is 6.08 Å². The fourth-order valence-corrected chi connectivity index (χ4v) is 3.32. The third-order valence-corrected chi connectivity index (χ3v) is 4.61. The number of carbonyl (C=O) groups is 1. The first-order valence-corrected chi connectivity index (χ1v) is 7.53. The zero-order chi connectivity index (χ0) is 16.0. The molecule has 1 unspecified atom stereocenters. The number of amides is 1. The Labute approximate surface area is 144 Å². The highest BCUT2D eigenvalue weighted by atomic mass is 35.5. The van der Waals surface area contributed by atoms with Crippen LogP contribution in [-0.2, 0) is 0 Å². The molecule has 7 heteroatoms. The zero-order valence-corrected chi connectivity index (χ0v) is 14.2. The zero-order valence-electron chi connectivity index (χ0n) is 12.6. The quantitative estimate of drug-likeness (QED) is 0.765. The molecule has 4 nitrogen and oxygen atoms in total. The number of hydrogen-bond acceptors (Lipinski definition) is 2. The molecule has 1 aromatic heterocycles. The number of nitrogens with two attached hydrogens (primary N) is 2. The number of aryl methyl sites for hydroxylation is 1. The molecule has 1 aromatic carbocycles. The predicted octanol–water partition coefficient (Wildman–Crippen LogP) is 3.68. The molecule has 3 rings (SSSR count). The van der Waals surface area contributed by atoms with Gasteiger partial charge in [0, 0.05) is 22.7 Å². The largest absolute Gasteiger partial charge is 0.366 e. The second-order valence-corrected chi connectivity index (χ2v) is 6.11. The van der Waals surface area contributed by atoms with Crippen LogP contribution in [0.15, 0.2) is 12.1 Å². The molecule has 0 saturated heterocycles. The van der Waals surface area contributed by atoms with Crippen LogP contribution in [0.5, 0.6) is 0 Å². The number of rotatable bonds is 2. The second kappa shape index (κ2) is 6.51. The number of hydrogen-bond donors (Lipinski definition) is 3. The SMILES string of the molecule is Cc1[nH]c2c(C(N)=O)cc(F)c(C3=CCCC(N)C3)c2c1Cl.Cl. The average Bonchev–Trinajstić information content (AvgIpc) is 2.74. The minimum atomic E-state index is -0.692. The van der Waals surface area contributed by atoms with E-state index >= 15 is 0 Å². The predicted molar refractivity (Wildman–Crippen MR) is 93.6 cm³/mol. The standard InChI is InChI=1S/C16H17ClFN3O.ClH/c1-7-14(17)13-12(8-3-2-4-9(19)5-8)11(18)6-10(16(20)22)15(13)21-7;/h3,6,9,21H,2,4-5,19H2,1H3,(H2,20,22);1H. The van der Waals surface area contributed by atoms with Crippen molar-refractivity contribution in [3.8, 4) is 0 Å². The Bertz CT molecular complexity index is 813. The number of carbonyl (C=O) groups excluding carboxylic acids is 1. The van der Waals surface area contributed by atoms with Gasteiger partial charge in [-0.1, -0.05) is 17.7 Å². The fourth-order valence-electron chi connectivity index (χ4n) is 3.08. The summed E-state index contributed by atoms with van der Waals surface area (Å²) in [6.07, 6.45) is 4.26. The lowest BCUT2D eigenvalue weighted by Crippen LogP contribution is -2.22. The molecule has 0 radical (unpaired) electrons. The van der Waals surface area contributed by atoms with Crippen LogP contribution in [0.1, 0.15) is 40.9 Å². The molecule has 1 heterocycles. The van der Waals surface area contributed by atoms with Crippen LogP contribution in [0.4, 0.5) is 4.39 Å². The number of aromatic nitrogens is 1. The van der Waals surface area contributed by atoms with Gasteiger partial charge in [-0.15, -0.1) is 12.4 Å². The first kappa shape index (κ1) is 17.8. The lowest BCUT2D eigenvalue weighted by molar-refractivity contribution is 0.100. The van der Waals surface area contributed by atoms with Crippen molar-refractivity contribution in [2.24, 2.45) is 11.5 Å². The van der Waals surface area contributed by atoms with Gasteiger partial charge in [0.05, 0.1) is 16.1 Å². The maximum Gasteiger partial charge on any atom is 0.250 e. The van der Waals surface area contributed by atoms with Gasteiger partial charge in [0.25, 0.3) is 5.91 Å². The van der Waals surface area contributed by atoms with Crippen molar-refractivity contribution in [2.45, 2.75) is 32.2 Å². The lowest BCUT2D eigenvalue weighted by atomic mass is 9.88. The van der Waals surface area contributed by atoms with Gasteiger partial charge in [-0.2, -0.15) is 0 Å².